The highest BCUT2D eigenvalue weighted by Crippen LogP contribution is 2.44. The Morgan fingerprint density at radius 3 is 2.40 bits per heavy atom. The third-order valence-corrected chi connectivity index (χ3v) is 7.31. The van der Waals surface area contributed by atoms with E-state index in [1.807, 2.05) is 11.0 Å². The number of aliphatic hydroxyl groups is 2. The van der Waals surface area contributed by atoms with E-state index in [9.17, 15) is 19.8 Å². The van der Waals surface area contributed by atoms with Crippen molar-refractivity contribution < 1.29 is 19.8 Å². The smallest absolute Gasteiger partial charge is 0.248 e. The molecule has 184 valence electrons. The molecule has 4 N–H and O–H groups in total. The molecule has 2 saturated heterocycles. The molecule has 5 rings (SSSR count). The molecule has 3 aromatic heterocycles. The van der Waals surface area contributed by atoms with Crippen LogP contribution in [0.4, 0.5) is 5.82 Å². The Kier molecular flexibility index (Phi) is 5.60. The predicted octanol–water partition coefficient (Wildman–Crippen LogP) is 2.03. The van der Waals surface area contributed by atoms with Gasteiger partial charge in [-0.25, -0.2) is 4.98 Å². The third kappa shape index (κ3) is 3.86. The van der Waals surface area contributed by atoms with Gasteiger partial charge >= 0.3 is 0 Å². The highest BCUT2D eigenvalue weighted by Gasteiger charge is 2.44. The second-order valence-electron chi connectivity index (χ2n) is 10.1. The number of carbonyl (C=O) groups excluding carboxylic acids is 2. The maximum atomic E-state index is 12.7. The van der Waals surface area contributed by atoms with Gasteiger partial charge in [0.25, 0.3) is 0 Å². The van der Waals surface area contributed by atoms with Crippen molar-refractivity contribution in [2.75, 3.05) is 12.3 Å². The van der Waals surface area contributed by atoms with Crippen LogP contribution >= 0.6 is 0 Å². The summed E-state index contributed by atoms with van der Waals surface area (Å²) in [4.78, 5) is 36.1. The average Bonchev–Trinajstić information content (AvgIpc) is 3.36. The first kappa shape index (κ1) is 23.4. The summed E-state index contributed by atoms with van der Waals surface area (Å²) < 4.78 is 1.48. The van der Waals surface area contributed by atoms with Crippen LogP contribution in [0.5, 0.6) is 0 Å². The number of nitrogens with zero attached hydrogens (tertiary/aromatic N) is 5. The summed E-state index contributed by atoms with van der Waals surface area (Å²) in [7, 11) is 0. The fourth-order valence-electron chi connectivity index (χ4n) is 5.70. The number of Topliss-reactive ketones (excluding diaryl/α,β-unsaturated/α-hetero) is 1. The van der Waals surface area contributed by atoms with E-state index in [2.05, 4.69) is 10.1 Å². The van der Waals surface area contributed by atoms with Crippen LogP contribution in [0.15, 0.2) is 24.5 Å². The molecule has 2 fully saturated rings. The highest BCUT2D eigenvalue weighted by atomic mass is 16.3. The molecule has 0 aliphatic carbocycles. The second kappa shape index (κ2) is 8.39. The Hall–Kier alpha value is -3.37. The van der Waals surface area contributed by atoms with Gasteiger partial charge in [-0.2, -0.15) is 9.61 Å². The number of aromatic nitrogens is 4. The van der Waals surface area contributed by atoms with Crippen LogP contribution in [0.25, 0.3) is 16.8 Å². The summed E-state index contributed by atoms with van der Waals surface area (Å²) in [6, 6.07) is 3.65. The van der Waals surface area contributed by atoms with Crippen molar-refractivity contribution in [1.82, 2.24) is 24.5 Å². The summed E-state index contributed by atoms with van der Waals surface area (Å²) in [6.45, 7) is 4.34. The number of ketones is 1. The number of nitrogen functional groups attached to an aromatic ring is 1. The first-order valence-corrected chi connectivity index (χ1v) is 11.9. The number of hydrogen-bond acceptors (Lipinski definition) is 8. The summed E-state index contributed by atoms with van der Waals surface area (Å²) in [5, 5.41) is 24.0. The number of pyridine rings is 1. The normalized spacial score (nSPS) is 22.1. The van der Waals surface area contributed by atoms with Gasteiger partial charge in [0, 0.05) is 35.3 Å². The van der Waals surface area contributed by atoms with E-state index < -0.39 is 12.2 Å². The molecule has 2 aliphatic rings. The quantitative estimate of drug-likeness (QED) is 0.472. The van der Waals surface area contributed by atoms with Gasteiger partial charge < -0.3 is 20.8 Å². The van der Waals surface area contributed by atoms with E-state index in [1.165, 1.54) is 11.4 Å². The van der Waals surface area contributed by atoms with Crippen LogP contribution in [0.1, 0.15) is 74.1 Å². The first-order valence-electron chi connectivity index (χ1n) is 11.9. The van der Waals surface area contributed by atoms with Gasteiger partial charge in [-0.15, -0.1) is 0 Å². The summed E-state index contributed by atoms with van der Waals surface area (Å²) >= 11 is 0. The standard InChI is InChI=1S/C25H30N6O4/c1-13(33)21-22(15-8-16-5-6-17(9-15)30(16)20(34)12-32)29-24-18(11-28-31(24)23(21)26)14-4-7-19(27-10-14)25(2,3)35/h4,7,10-11,15-17,32,35H,5-6,8-9,12,26H2,1-3H3/t15-,16-,17+. The molecule has 0 aromatic carbocycles. The van der Waals surface area contributed by atoms with Crippen molar-refractivity contribution in [2.24, 2.45) is 0 Å². The number of nitrogens with two attached hydrogens (primary N) is 1. The number of hydrogen-bond donors (Lipinski definition) is 3. The second-order valence-corrected chi connectivity index (χ2v) is 10.1. The monoisotopic (exact) mass is 478 g/mol. The van der Waals surface area contributed by atoms with Crippen molar-refractivity contribution in [3.63, 3.8) is 0 Å². The molecule has 1 amide bonds. The van der Waals surface area contributed by atoms with Crippen molar-refractivity contribution in [3.05, 3.63) is 41.5 Å². The third-order valence-electron chi connectivity index (χ3n) is 7.31. The van der Waals surface area contributed by atoms with E-state index in [0.29, 0.717) is 35.4 Å². The lowest BCUT2D eigenvalue weighted by atomic mass is 9.85. The van der Waals surface area contributed by atoms with Gasteiger partial charge in [-0.1, -0.05) is 6.07 Å². The van der Waals surface area contributed by atoms with Gasteiger partial charge in [0.2, 0.25) is 5.91 Å². The number of carbonyl (C=O) groups is 2. The Bertz CT molecular complexity index is 1300. The van der Waals surface area contributed by atoms with Gasteiger partial charge in [0.05, 0.1) is 23.1 Å². The maximum absolute atomic E-state index is 12.7. The van der Waals surface area contributed by atoms with Crippen LogP contribution < -0.4 is 5.73 Å². The van der Waals surface area contributed by atoms with Crippen LogP contribution in [-0.2, 0) is 10.4 Å². The number of rotatable bonds is 5. The topological polar surface area (TPSA) is 147 Å². The first-order chi connectivity index (χ1) is 16.6. The molecule has 3 aromatic rings. The van der Waals surface area contributed by atoms with Gasteiger partial charge in [0.15, 0.2) is 11.4 Å². The lowest BCUT2D eigenvalue weighted by Gasteiger charge is -2.39. The summed E-state index contributed by atoms with van der Waals surface area (Å²) in [6.07, 6.45) is 6.39. The largest absolute Gasteiger partial charge is 0.387 e. The Morgan fingerprint density at radius 1 is 1.17 bits per heavy atom. The fraction of sp³-hybridized carbons (Fsp3) is 0.480. The molecular formula is C25H30N6O4. The van der Waals surface area contributed by atoms with Crippen molar-refractivity contribution in [3.8, 4) is 11.1 Å². The minimum Gasteiger partial charge on any atom is -0.387 e. The maximum Gasteiger partial charge on any atom is 0.248 e. The number of amides is 1. The average molecular weight is 479 g/mol. The molecule has 0 saturated carbocycles. The van der Waals surface area contributed by atoms with Crippen LogP contribution in [0, 0.1) is 0 Å². The van der Waals surface area contributed by atoms with Crippen molar-refractivity contribution in [2.45, 2.75) is 70.1 Å². The minimum atomic E-state index is -1.06. The van der Waals surface area contributed by atoms with Gasteiger partial charge in [-0.05, 0) is 52.5 Å². The van der Waals surface area contributed by atoms with E-state index in [-0.39, 0.29) is 35.5 Å². The lowest BCUT2D eigenvalue weighted by Crippen LogP contribution is -2.47. The van der Waals surface area contributed by atoms with Crippen molar-refractivity contribution in [1.29, 1.82) is 0 Å². The molecule has 35 heavy (non-hydrogen) atoms. The van der Waals surface area contributed by atoms with E-state index in [4.69, 9.17) is 10.7 Å². The molecule has 0 unspecified atom stereocenters. The van der Waals surface area contributed by atoms with Gasteiger partial charge in [-0.3, -0.25) is 14.6 Å². The Labute approximate surface area is 202 Å². The number of anilines is 1. The van der Waals surface area contributed by atoms with Gasteiger partial charge in [0.1, 0.15) is 18.0 Å². The molecule has 3 atom stereocenters. The highest BCUT2D eigenvalue weighted by molar-refractivity contribution is 6.00. The molecule has 10 nitrogen and oxygen atoms in total. The van der Waals surface area contributed by atoms with E-state index >= 15 is 0 Å². The number of fused-ring (bicyclic) bond motifs is 3. The molecule has 0 spiro atoms. The summed E-state index contributed by atoms with van der Waals surface area (Å²) in [5.74, 6) is -0.224. The Morgan fingerprint density at radius 2 is 1.86 bits per heavy atom. The number of piperidine rings is 1. The minimum absolute atomic E-state index is 0.0143. The van der Waals surface area contributed by atoms with Crippen LogP contribution in [0.2, 0.25) is 0 Å². The van der Waals surface area contributed by atoms with Crippen LogP contribution in [0.3, 0.4) is 0 Å². The zero-order chi connectivity index (χ0) is 25.1. The summed E-state index contributed by atoms with van der Waals surface area (Å²) in [5.41, 5.74) is 8.99. The Balaban J connectivity index is 1.59. The zero-order valence-electron chi connectivity index (χ0n) is 20.1. The molecule has 2 bridgehead atoms. The molecule has 2 aliphatic heterocycles. The van der Waals surface area contributed by atoms with Crippen molar-refractivity contribution >= 4 is 23.2 Å². The SMILES string of the molecule is CC(=O)c1c([C@@H]2C[C@H]3CC[C@@H](C2)N3C(=O)CO)nc2c(-c3ccc(C(C)(C)O)nc3)cnn2c1N. The number of aliphatic hydroxyl groups excluding tert-OH is 1. The van der Waals surface area contributed by atoms with E-state index in [0.717, 1.165) is 24.0 Å². The van der Waals surface area contributed by atoms with Crippen LogP contribution in [-0.4, -0.2) is 65.1 Å². The predicted molar refractivity (Wildman–Crippen MR) is 129 cm³/mol. The lowest BCUT2D eigenvalue weighted by molar-refractivity contribution is -0.138. The molecule has 5 heterocycles. The fourth-order valence-corrected chi connectivity index (χ4v) is 5.70. The zero-order valence-corrected chi connectivity index (χ0v) is 20.1. The molecule has 10 heteroatoms. The molecule has 0 radical (unpaired) electrons. The van der Waals surface area contributed by atoms with E-state index in [1.54, 1.807) is 32.3 Å². The molecular weight excluding hydrogens is 448 g/mol.